The predicted octanol–water partition coefficient (Wildman–Crippen LogP) is 1.14. The molecule has 0 atom stereocenters. The molecule has 0 saturated carbocycles. The van der Waals surface area contributed by atoms with Crippen molar-refractivity contribution in [2.24, 2.45) is 0 Å². The van der Waals surface area contributed by atoms with E-state index in [-0.39, 0.29) is 0 Å². The number of hydrogen-bond acceptors (Lipinski definition) is 2. The Bertz CT molecular complexity index is 383. The maximum absolute atomic E-state index is 10.7. The van der Waals surface area contributed by atoms with Crippen LogP contribution in [0.2, 0.25) is 0 Å². The number of carbonyl (C=O) groups excluding carboxylic acids is 1. The highest BCUT2D eigenvalue weighted by molar-refractivity contribution is 5.82. The zero-order chi connectivity index (χ0) is 10.6. The molecule has 0 aliphatic carbocycles. The van der Waals surface area contributed by atoms with Crippen LogP contribution in [0, 0.1) is 35.5 Å². The van der Waals surface area contributed by atoms with Crippen LogP contribution in [-0.4, -0.2) is 12.6 Å². The van der Waals surface area contributed by atoms with E-state index in [4.69, 9.17) is 0 Å². The Hall–Kier alpha value is -2.11. The first-order valence-corrected chi connectivity index (χ1v) is 4.06. The summed E-state index contributed by atoms with van der Waals surface area (Å²) in [6.07, 6.45) is 2.65. The van der Waals surface area contributed by atoms with Crippen LogP contribution in [0.3, 0.4) is 0 Å². The van der Waals surface area contributed by atoms with Crippen LogP contribution in [0.1, 0.15) is 13.8 Å². The number of hydrogen-bond donors (Lipinski definition) is 0. The topological polar surface area (TPSA) is 26.3 Å². The van der Waals surface area contributed by atoms with Crippen molar-refractivity contribution in [1.82, 2.24) is 0 Å². The zero-order valence-electron chi connectivity index (χ0n) is 8.18. The Morgan fingerprint density at radius 2 is 2.00 bits per heavy atom. The van der Waals surface area contributed by atoms with Gasteiger partial charge in [-0.15, -0.1) is 0 Å². The Balaban J connectivity index is 3.97. The minimum atomic E-state index is -0.400. The average molecular weight is 186 g/mol. The molecule has 0 aromatic rings. The standard InChI is InChI=1S/C12H10O2/c1-3-5-6-7-8-9-10-11-12(13)14-4-2/h10-11H,4H2,1-2H3. The van der Waals surface area contributed by atoms with Crippen LogP contribution in [0.5, 0.6) is 0 Å². The molecule has 0 heterocycles. The van der Waals surface area contributed by atoms with Crippen molar-refractivity contribution in [3.63, 3.8) is 0 Å². The molecule has 2 nitrogen and oxygen atoms in total. The molecule has 0 bridgehead atoms. The van der Waals surface area contributed by atoms with E-state index in [2.05, 4.69) is 40.3 Å². The van der Waals surface area contributed by atoms with E-state index in [0.29, 0.717) is 6.61 Å². The lowest BCUT2D eigenvalue weighted by Gasteiger charge is -1.91. The fraction of sp³-hybridized carbons (Fsp3) is 0.250. The predicted molar refractivity (Wildman–Crippen MR) is 54.8 cm³/mol. The normalized spacial score (nSPS) is 7.29. The van der Waals surface area contributed by atoms with E-state index in [0.717, 1.165) is 0 Å². The van der Waals surface area contributed by atoms with Crippen LogP contribution in [-0.2, 0) is 9.53 Å². The van der Waals surface area contributed by atoms with Gasteiger partial charge in [-0.05, 0) is 43.6 Å². The quantitative estimate of drug-likeness (QED) is 0.367. The second-order valence-corrected chi connectivity index (χ2v) is 1.98. The first kappa shape index (κ1) is 11.9. The lowest BCUT2D eigenvalue weighted by atomic mass is 10.4. The molecule has 0 radical (unpaired) electrons. The van der Waals surface area contributed by atoms with E-state index < -0.39 is 5.97 Å². The highest BCUT2D eigenvalue weighted by Crippen LogP contribution is 1.79. The van der Waals surface area contributed by atoms with Crippen molar-refractivity contribution in [3.05, 3.63) is 12.2 Å². The van der Waals surface area contributed by atoms with Gasteiger partial charge in [0.05, 0.1) is 6.61 Å². The summed E-state index contributed by atoms with van der Waals surface area (Å²) in [6.45, 7) is 3.80. The van der Waals surface area contributed by atoms with Crippen LogP contribution in [0.4, 0.5) is 0 Å². The van der Waals surface area contributed by atoms with E-state index in [1.165, 1.54) is 12.2 Å². The smallest absolute Gasteiger partial charge is 0.331 e. The van der Waals surface area contributed by atoms with Gasteiger partial charge in [-0.2, -0.15) is 0 Å². The molecular weight excluding hydrogens is 176 g/mol. The van der Waals surface area contributed by atoms with E-state index in [1.807, 2.05) is 0 Å². The highest BCUT2D eigenvalue weighted by atomic mass is 16.5. The fourth-order valence-electron chi connectivity index (χ4n) is 0.503. The molecule has 14 heavy (non-hydrogen) atoms. The molecule has 0 aliphatic rings. The van der Waals surface area contributed by atoms with E-state index in [9.17, 15) is 4.79 Å². The van der Waals surface area contributed by atoms with Gasteiger partial charge in [-0.3, -0.25) is 0 Å². The third kappa shape index (κ3) is 7.99. The van der Waals surface area contributed by atoms with Crippen LogP contribution < -0.4 is 0 Å². The lowest BCUT2D eigenvalue weighted by molar-refractivity contribution is -0.137. The number of carbonyl (C=O) groups is 1. The SMILES string of the molecule is CC#CC#CC#CC=CC(=O)OCC. The summed E-state index contributed by atoms with van der Waals surface area (Å²) in [5.74, 6) is 14.8. The number of esters is 1. The molecule has 0 rings (SSSR count). The fourth-order valence-corrected chi connectivity index (χ4v) is 0.503. The van der Waals surface area contributed by atoms with Crippen molar-refractivity contribution in [2.75, 3.05) is 6.61 Å². The average Bonchev–Trinajstić information content (AvgIpc) is 2.17. The van der Waals surface area contributed by atoms with Crippen LogP contribution >= 0.6 is 0 Å². The van der Waals surface area contributed by atoms with E-state index in [1.54, 1.807) is 13.8 Å². The van der Waals surface area contributed by atoms with Gasteiger partial charge in [0.15, 0.2) is 0 Å². The van der Waals surface area contributed by atoms with Crippen molar-refractivity contribution in [3.8, 4) is 35.5 Å². The molecule has 0 aromatic heterocycles. The maximum atomic E-state index is 10.7. The molecular formula is C12H10O2. The van der Waals surface area contributed by atoms with Crippen molar-refractivity contribution < 1.29 is 9.53 Å². The van der Waals surface area contributed by atoms with Gasteiger partial charge in [-0.25, -0.2) is 4.79 Å². The number of rotatable bonds is 2. The largest absolute Gasteiger partial charge is 0.463 e. The first-order valence-electron chi connectivity index (χ1n) is 4.06. The molecule has 70 valence electrons. The first-order chi connectivity index (χ1) is 6.81. The molecule has 0 spiro atoms. The zero-order valence-corrected chi connectivity index (χ0v) is 8.18. The molecule has 0 saturated heterocycles. The molecule has 0 N–H and O–H groups in total. The van der Waals surface area contributed by atoms with Crippen LogP contribution in [0.15, 0.2) is 12.2 Å². The summed E-state index contributed by atoms with van der Waals surface area (Å²) in [5.41, 5.74) is 0. The summed E-state index contributed by atoms with van der Waals surface area (Å²) in [5, 5.41) is 0. The van der Waals surface area contributed by atoms with E-state index >= 15 is 0 Å². The molecule has 0 fully saturated rings. The van der Waals surface area contributed by atoms with Gasteiger partial charge < -0.3 is 4.74 Å². The highest BCUT2D eigenvalue weighted by Gasteiger charge is 1.89. The molecule has 0 aromatic carbocycles. The molecule has 2 heteroatoms. The minimum Gasteiger partial charge on any atom is -0.463 e. The third-order valence-electron chi connectivity index (χ3n) is 0.974. The minimum absolute atomic E-state index is 0.364. The second-order valence-electron chi connectivity index (χ2n) is 1.98. The van der Waals surface area contributed by atoms with Crippen molar-refractivity contribution in [2.45, 2.75) is 13.8 Å². The summed E-state index contributed by atoms with van der Waals surface area (Å²) in [7, 11) is 0. The van der Waals surface area contributed by atoms with Gasteiger partial charge in [0, 0.05) is 6.08 Å². The van der Waals surface area contributed by atoms with Gasteiger partial charge in [0.2, 0.25) is 0 Å². The Kier molecular flexibility index (Phi) is 7.63. The van der Waals surface area contributed by atoms with Crippen molar-refractivity contribution in [1.29, 1.82) is 0 Å². The maximum Gasteiger partial charge on any atom is 0.331 e. The molecule has 0 amide bonds. The van der Waals surface area contributed by atoms with Crippen molar-refractivity contribution >= 4 is 5.97 Å². The lowest BCUT2D eigenvalue weighted by Crippen LogP contribution is -1.98. The van der Waals surface area contributed by atoms with Gasteiger partial charge >= 0.3 is 5.97 Å². The Morgan fingerprint density at radius 3 is 2.64 bits per heavy atom. The molecule has 0 unspecified atom stereocenters. The number of ether oxygens (including phenoxy) is 1. The number of allylic oxidation sites excluding steroid dienone is 1. The van der Waals surface area contributed by atoms with Gasteiger partial charge in [0.25, 0.3) is 0 Å². The Labute approximate surface area is 84.3 Å². The second kappa shape index (κ2) is 8.98. The van der Waals surface area contributed by atoms with Crippen LogP contribution in [0.25, 0.3) is 0 Å². The Morgan fingerprint density at radius 1 is 1.29 bits per heavy atom. The molecule has 0 aliphatic heterocycles. The van der Waals surface area contributed by atoms with Gasteiger partial charge in [-0.1, -0.05) is 11.8 Å². The summed E-state index contributed by atoms with van der Waals surface area (Å²) in [6, 6.07) is 0. The van der Waals surface area contributed by atoms with Gasteiger partial charge in [0.1, 0.15) is 0 Å². The summed E-state index contributed by atoms with van der Waals surface area (Å²) < 4.78 is 4.64. The third-order valence-corrected chi connectivity index (χ3v) is 0.974. The summed E-state index contributed by atoms with van der Waals surface area (Å²) >= 11 is 0. The monoisotopic (exact) mass is 186 g/mol. The summed E-state index contributed by atoms with van der Waals surface area (Å²) in [4.78, 5) is 10.7.